The van der Waals surface area contributed by atoms with Crippen molar-refractivity contribution in [2.24, 2.45) is 0 Å². The molecule has 0 spiro atoms. The summed E-state index contributed by atoms with van der Waals surface area (Å²) in [6, 6.07) is 11.9. The van der Waals surface area contributed by atoms with E-state index in [-0.39, 0.29) is 11.4 Å². The predicted octanol–water partition coefficient (Wildman–Crippen LogP) is 3.69. The Kier molecular flexibility index (Phi) is 3.20. The summed E-state index contributed by atoms with van der Waals surface area (Å²) >= 11 is 0. The second kappa shape index (κ2) is 5.17. The smallest absolute Gasteiger partial charge is 0.126 e. The number of hydrogen-bond donors (Lipinski definition) is 0. The van der Waals surface area contributed by atoms with Crippen LogP contribution in [0.1, 0.15) is 5.56 Å². The average Bonchev–Trinajstić information content (AvgIpc) is 2.97. The first-order chi connectivity index (χ1) is 10.2. The second-order valence-corrected chi connectivity index (χ2v) is 4.49. The van der Waals surface area contributed by atoms with E-state index in [9.17, 15) is 8.78 Å². The summed E-state index contributed by atoms with van der Waals surface area (Å²) in [5, 5.41) is 13.0. The molecule has 0 unspecified atom stereocenters. The molecule has 0 radical (unpaired) electrons. The van der Waals surface area contributed by atoms with Gasteiger partial charge in [0.1, 0.15) is 11.6 Å². The minimum Gasteiger partial charge on any atom is -0.240 e. The molecule has 3 rings (SSSR count). The van der Waals surface area contributed by atoms with E-state index in [4.69, 9.17) is 5.26 Å². The number of nitrogens with zero attached hydrogens (tertiary/aromatic N) is 3. The van der Waals surface area contributed by atoms with Crippen LogP contribution in [0.3, 0.4) is 0 Å². The molecule has 0 amide bonds. The molecular formula is C16H9F2N3. The van der Waals surface area contributed by atoms with E-state index in [1.807, 2.05) is 6.07 Å². The molecule has 102 valence electrons. The minimum absolute atomic E-state index is 0.226. The zero-order chi connectivity index (χ0) is 14.8. The molecule has 0 saturated heterocycles. The molecule has 0 bridgehead atoms. The number of hydrogen-bond acceptors (Lipinski definition) is 2. The molecule has 0 saturated carbocycles. The molecule has 2 aromatic carbocycles. The van der Waals surface area contributed by atoms with E-state index in [0.29, 0.717) is 5.69 Å². The summed E-state index contributed by atoms with van der Waals surface area (Å²) in [7, 11) is 0. The fourth-order valence-electron chi connectivity index (χ4n) is 2.03. The van der Waals surface area contributed by atoms with Gasteiger partial charge in [0.05, 0.1) is 23.5 Å². The Morgan fingerprint density at radius 1 is 0.952 bits per heavy atom. The zero-order valence-electron chi connectivity index (χ0n) is 10.8. The first kappa shape index (κ1) is 13.0. The Balaban J connectivity index is 2.00. The van der Waals surface area contributed by atoms with E-state index in [1.165, 1.54) is 22.9 Å². The number of halogens is 2. The number of nitriles is 1. The second-order valence-electron chi connectivity index (χ2n) is 4.49. The largest absolute Gasteiger partial charge is 0.240 e. The van der Waals surface area contributed by atoms with Gasteiger partial charge in [-0.1, -0.05) is 12.1 Å². The van der Waals surface area contributed by atoms with Gasteiger partial charge >= 0.3 is 0 Å². The lowest BCUT2D eigenvalue weighted by Gasteiger charge is -2.02. The molecule has 3 aromatic rings. The van der Waals surface area contributed by atoms with Crippen LogP contribution in [-0.2, 0) is 0 Å². The standard InChI is InChI=1S/C16H9F2N3/c17-14-3-1-12(2-4-14)13-9-20-21(10-13)16-6-11(8-19)5-15(18)7-16/h1-7,9-10H. The first-order valence-electron chi connectivity index (χ1n) is 6.17. The van der Waals surface area contributed by atoms with Gasteiger partial charge in [-0.15, -0.1) is 0 Å². The van der Waals surface area contributed by atoms with Gasteiger partial charge < -0.3 is 0 Å². The lowest BCUT2D eigenvalue weighted by molar-refractivity contribution is 0.625. The van der Waals surface area contributed by atoms with Gasteiger partial charge in [-0.2, -0.15) is 10.4 Å². The van der Waals surface area contributed by atoms with Crippen molar-refractivity contribution in [3.05, 3.63) is 72.1 Å². The predicted molar refractivity (Wildman–Crippen MR) is 73.6 cm³/mol. The fraction of sp³-hybridized carbons (Fsp3) is 0. The molecule has 0 fully saturated rings. The molecule has 1 aromatic heterocycles. The molecule has 1 heterocycles. The van der Waals surface area contributed by atoms with Gasteiger partial charge in [0, 0.05) is 11.8 Å². The Morgan fingerprint density at radius 3 is 2.43 bits per heavy atom. The van der Waals surface area contributed by atoms with Gasteiger partial charge in [0.15, 0.2) is 0 Å². The van der Waals surface area contributed by atoms with Crippen LogP contribution in [0.15, 0.2) is 54.9 Å². The van der Waals surface area contributed by atoms with E-state index < -0.39 is 5.82 Å². The van der Waals surface area contributed by atoms with E-state index in [0.717, 1.165) is 17.2 Å². The maximum atomic E-state index is 13.4. The molecule has 0 aliphatic rings. The summed E-state index contributed by atoms with van der Waals surface area (Å²) in [6.45, 7) is 0. The van der Waals surface area contributed by atoms with Crippen LogP contribution in [0.5, 0.6) is 0 Å². The molecule has 0 aliphatic carbocycles. The van der Waals surface area contributed by atoms with Crippen molar-refractivity contribution in [3.8, 4) is 22.9 Å². The van der Waals surface area contributed by atoms with Crippen molar-refractivity contribution in [1.29, 1.82) is 5.26 Å². The van der Waals surface area contributed by atoms with Gasteiger partial charge in [0.2, 0.25) is 0 Å². The van der Waals surface area contributed by atoms with E-state index >= 15 is 0 Å². The fourth-order valence-corrected chi connectivity index (χ4v) is 2.03. The number of rotatable bonds is 2. The van der Waals surface area contributed by atoms with Crippen molar-refractivity contribution in [2.45, 2.75) is 0 Å². The van der Waals surface area contributed by atoms with Gasteiger partial charge in [-0.25, -0.2) is 13.5 Å². The van der Waals surface area contributed by atoms with Gasteiger partial charge in [-0.05, 0) is 35.9 Å². The van der Waals surface area contributed by atoms with Crippen LogP contribution in [0.2, 0.25) is 0 Å². The number of benzene rings is 2. The van der Waals surface area contributed by atoms with Crippen molar-refractivity contribution < 1.29 is 8.78 Å². The Morgan fingerprint density at radius 2 is 1.71 bits per heavy atom. The van der Waals surface area contributed by atoms with Gasteiger partial charge in [0.25, 0.3) is 0 Å². The normalized spacial score (nSPS) is 10.3. The molecule has 0 atom stereocenters. The topological polar surface area (TPSA) is 41.6 Å². The van der Waals surface area contributed by atoms with Crippen LogP contribution in [0.25, 0.3) is 16.8 Å². The summed E-state index contributed by atoms with van der Waals surface area (Å²) < 4.78 is 27.8. The lowest BCUT2D eigenvalue weighted by atomic mass is 10.1. The third kappa shape index (κ3) is 2.65. The Bertz CT molecular complexity index is 829. The van der Waals surface area contributed by atoms with Crippen LogP contribution in [0.4, 0.5) is 8.78 Å². The Labute approximate surface area is 119 Å². The summed E-state index contributed by atoms with van der Waals surface area (Å²) in [5.41, 5.74) is 2.26. The summed E-state index contributed by atoms with van der Waals surface area (Å²) in [4.78, 5) is 0. The maximum absolute atomic E-state index is 13.4. The van der Waals surface area contributed by atoms with E-state index in [1.54, 1.807) is 30.6 Å². The first-order valence-corrected chi connectivity index (χ1v) is 6.17. The van der Waals surface area contributed by atoms with Crippen molar-refractivity contribution >= 4 is 0 Å². The van der Waals surface area contributed by atoms with E-state index in [2.05, 4.69) is 5.10 Å². The van der Waals surface area contributed by atoms with Crippen molar-refractivity contribution in [2.75, 3.05) is 0 Å². The van der Waals surface area contributed by atoms with Crippen LogP contribution >= 0.6 is 0 Å². The summed E-state index contributed by atoms with van der Waals surface area (Å²) in [6.07, 6.45) is 3.30. The highest BCUT2D eigenvalue weighted by Gasteiger charge is 2.06. The highest BCUT2D eigenvalue weighted by atomic mass is 19.1. The molecule has 5 heteroatoms. The van der Waals surface area contributed by atoms with Crippen LogP contribution in [-0.4, -0.2) is 9.78 Å². The molecular weight excluding hydrogens is 272 g/mol. The monoisotopic (exact) mass is 281 g/mol. The van der Waals surface area contributed by atoms with Crippen LogP contribution < -0.4 is 0 Å². The Hall–Kier alpha value is -3.00. The van der Waals surface area contributed by atoms with Crippen molar-refractivity contribution in [1.82, 2.24) is 9.78 Å². The molecule has 0 aliphatic heterocycles. The zero-order valence-corrected chi connectivity index (χ0v) is 10.8. The molecule has 0 N–H and O–H groups in total. The SMILES string of the molecule is N#Cc1cc(F)cc(-n2cc(-c3ccc(F)cc3)cn2)c1. The summed E-state index contributed by atoms with van der Waals surface area (Å²) in [5.74, 6) is -0.808. The molecule has 21 heavy (non-hydrogen) atoms. The average molecular weight is 281 g/mol. The molecule has 3 nitrogen and oxygen atoms in total. The van der Waals surface area contributed by atoms with Gasteiger partial charge in [-0.3, -0.25) is 0 Å². The third-order valence-corrected chi connectivity index (χ3v) is 3.04. The highest BCUT2D eigenvalue weighted by molar-refractivity contribution is 5.62. The third-order valence-electron chi connectivity index (χ3n) is 3.04. The quantitative estimate of drug-likeness (QED) is 0.719. The maximum Gasteiger partial charge on any atom is 0.126 e. The van der Waals surface area contributed by atoms with Crippen molar-refractivity contribution in [3.63, 3.8) is 0 Å². The highest BCUT2D eigenvalue weighted by Crippen LogP contribution is 2.21. The lowest BCUT2D eigenvalue weighted by Crippen LogP contribution is -1.96. The van der Waals surface area contributed by atoms with Crippen LogP contribution in [0, 0.1) is 23.0 Å². The minimum atomic E-state index is -0.497. The number of aromatic nitrogens is 2.